The van der Waals surface area contributed by atoms with Gasteiger partial charge in [-0.3, -0.25) is 19.4 Å². The van der Waals surface area contributed by atoms with Crippen molar-refractivity contribution >= 4 is 29.4 Å². The smallest absolute Gasteiger partial charge is 0.326 e. The number of rotatable bonds is 11. The topological polar surface area (TPSA) is 160 Å². The molecule has 2 aromatic carbocycles. The zero-order valence-electron chi connectivity index (χ0n) is 22.9. The second kappa shape index (κ2) is 13.4. The number of aromatic nitrogens is 2. The summed E-state index contributed by atoms with van der Waals surface area (Å²) in [6.45, 7) is 1.75. The number of benzene rings is 2. The Balaban J connectivity index is 1.47. The normalized spacial score (nSPS) is 11.3. The first kappa shape index (κ1) is 30.4. The van der Waals surface area contributed by atoms with Gasteiger partial charge in [0.15, 0.2) is 11.6 Å². The van der Waals surface area contributed by atoms with E-state index in [1.165, 1.54) is 62.0 Å². The fraction of sp³-hybridized carbons (Fsp3) is 0.167. The molecule has 0 bridgehead atoms. The van der Waals surface area contributed by atoms with Crippen molar-refractivity contribution in [3.63, 3.8) is 0 Å². The Morgan fingerprint density at radius 2 is 1.74 bits per heavy atom. The van der Waals surface area contributed by atoms with Crippen LogP contribution in [-0.4, -0.2) is 52.0 Å². The van der Waals surface area contributed by atoms with E-state index in [1.54, 1.807) is 13.0 Å². The molecule has 1 unspecified atom stereocenters. The van der Waals surface area contributed by atoms with Gasteiger partial charge >= 0.3 is 11.9 Å². The minimum atomic E-state index is -1.32. The fourth-order valence-electron chi connectivity index (χ4n) is 3.94. The molecule has 43 heavy (non-hydrogen) atoms. The number of aromatic amines is 1. The van der Waals surface area contributed by atoms with Gasteiger partial charge in [0.05, 0.1) is 29.7 Å². The van der Waals surface area contributed by atoms with Crippen molar-refractivity contribution in [2.75, 3.05) is 12.4 Å². The molecule has 2 amide bonds. The first-order valence-corrected chi connectivity index (χ1v) is 12.8. The summed E-state index contributed by atoms with van der Waals surface area (Å²) in [5.74, 6) is -4.77. The zero-order valence-corrected chi connectivity index (χ0v) is 22.9. The molecule has 2 heterocycles. The highest BCUT2D eigenvalue weighted by molar-refractivity contribution is 6.04. The molecule has 13 heteroatoms. The van der Waals surface area contributed by atoms with E-state index in [1.807, 2.05) is 0 Å². The Kier molecular flexibility index (Phi) is 9.45. The number of anilines is 1. The number of carbonyl (C=O) groups excluding carboxylic acids is 3. The van der Waals surface area contributed by atoms with E-state index in [2.05, 4.69) is 25.3 Å². The number of pyridine rings is 1. The number of aryl methyl sites for hydroxylation is 1. The van der Waals surface area contributed by atoms with Crippen molar-refractivity contribution in [2.45, 2.75) is 25.8 Å². The van der Waals surface area contributed by atoms with Gasteiger partial charge in [0.2, 0.25) is 0 Å². The highest BCUT2D eigenvalue weighted by Gasteiger charge is 2.23. The number of carbonyl (C=O) groups is 4. The molecule has 4 rings (SSSR count). The molecule has 0 saturated carbocycles. The molecule has 0 radical (unpaired) electrons. The molecular formula is C30H26F2N4O7. The predicted octanol–water partition coefficient (Wildman–Crippen LogP) is 4.84. The van der Waals surface area contributed by atoms with E-state index in [0.717, 1.165) is 11.6 Å². The standard InChI is InChI=1S/C30H26F2N4O7/c1-16-3-5-20(31)23(11-16)36-28(38)17-4-6-21(32)26(13-17)43-19-9-10-33-25(14-19)24-12-18(15-34-24)29(39)35-22(30(40)41)7-8-27(37)42-2/h3-6,9-15,22,34H,7-8H2,1-2H3,(H,35,39)(H,36,38)(H,40,41). The van der Waals surface area contributed by atoms with Crippen LogP contribution in [-0.2, 0) is 14.3 Å². The third-order valence-electron chi connectivity index (χ3n) is 6.21. The van der Waals surface area contributed by atoms with Gasteiger partial charge in [-0.15, -0.1) is 0 Å². The fourth-order valence-corrected chi connectivity index (χ4v) is 3.94. The van der Waals surface area contributed by atoms with Gasteiger partial charge in [-0.25, -0.2) is 13.6 Å². The van der Waals surface area contributed by atoms with Crippen molar-refractivity contribution in [2.24, 2.45) is 0 Å². The van der Waals surface area contributed by atoms with E-state index in [9.17, 15) is 33.1 Å². The van der Waals surface area contributed by atoms with Crippen molar-refractivity contribution in [3.05, 3.63) is 95.3 Å². The lowest BCUT2D eigenvalue weighted by atomic mass is 10.1. The van der Waals surface area contributed by atoms with Gasteiger partial charge in [-0.05, 0) is 61.4 Å². The second-order valence-corrected chi connectivity index (χ2v) is 9.34. The number of methoxy groups -OCH3 is 1. The lowest BCUT2D eigenvalue weighted by molar-refractivity contribution is -0.142. The molecule has 0 spiro atoms. The Morgan fingerprint density at radius 1 is 0.977 bits per heavy atom. The van der Waals surface area contributed by atoms with Crippen LogP contribution in [0, 0.1) is 18.6 Å². The van der Waals surface area contributed by atoms with E-state index in [0.29, 0.717) is 11.4 Å². The summed E-state index contributed by atoms with van der Waals surface area (Å²) in [5.41, 5.74) is 1.52. The summed E-state index contributed by atoms with van der Waals surface area (Å²) >= 11 is 0. The number of ether oxygens (including phenoxy) is 2. The van der Waals surface area contributed by atoms with Crippen LogP contribution < -0.4 is 15.4 Å². The Hall–Kier alpha value is -5.59. The number of amides is 2. The van der Waals surface area contributed by atoms with Crippen LogP contribution in [0.25, 0.3) is 11.4 Å². The number of hydrogen-bond acceptors (Lipinski definition) is 7. The lowest BCUT2D eigenvalue weighted by Gasteiger charge is -2.13. The number of carboxylic acid groups (broad SMARTS) is 1. The van der Waals surface area contributed by atoms with Gasteiger partial charge < -0.3 is 30.2 Å². The molecule has 11 nitrogen and oxygen atoms in total. The molecule has 4 N–H and O–H groups in total. The summed E-state index contributed by atoms with van der Waals surface area (Å²) in [6.07, 6.45) is 2.38. The number of aliphatic carboxylic acids is 1. The summed E-state index contributed by atoms with van der Waals surface area (Å²) < 4.78 is 38.9. The molecule has 1 atom stereocenters. The molecule has 2 aromatic heterocycles. The van der Waals surface area contributed by atoms with Crippen LogP contribution in [0.5, 0.6) is 11.5 Å². The Morgan fingerprint density at radius 3 is 2.49 bits per heavy atom. The lowest BCUT2D eigenvalue weighted by Crippen LogP contribution is -2.41. The average molecular weight is 593 g/mol. The zero-order chi connectivity index (χ0) is 31.1. The van der Waals surface area contributed by atoms with Crippen LogP contribution in [0.4, 0.5) is 14.5 Å². The Bertz CT molecular complexity index is 1690. The summed E-state index contributed by atoms with van der Waals surface area (Å²) in [4.78, 5) is 55.3. The number of hydrogen-bond donors (Lipinski definition) is 4. The van der Waals surface area contributed by atoms with Crippen LogP contribution >= 0.6 is 0 Å². The first-order chi connectivity index (χ1) is 20.5. The molecule has 4 aromatic rings. The monoisotopic (exact) mass is 592 g/mol. The minimum Gasteiger partial charge on any atom is -0.480 e. The molecule has 222 valence electrons. The van der Waals surface area contributed by atoms with E-state index in [-0.39, 0.29) is 41.2 Å². The van der Waals surface area contributed by atoms with E-state index < -0.39 is 41.4 Å². The third-order valence-corrected chi connectivity index (χ3v) is 6.21. The number of carboxylic acids is 1. The molecule has 0 aliphatic heterocycles. The van der Waals surface area contributed by atoms with Crippen molar-refractivity contribution < 1.29 is 42.5 Å². The largest absolute Gasteiger partial charge is 0.480 e. The van der Waals surface area contributed by atoms with Crippen LogP contribution in [0.1, 0.15) is 39.1 Å². The van der Waals surface area contributed by atoms with Crippen molar-refractivity contribution in [3.8, 4) is 22.9 Å². The molecule has 0 aliphatic carbocycles. The number of nitrogens with zero attached hydrogens (tertiary/aromatic N) is 1. The molecular weight excluding hydrogens is 566 g/mol. The number of nitrogens with one attached hydrogen (secondary N) is 3. The van der Waals surface area contributed by atoms with Crippen molar-refractivity contribution in [1.29, 1.82) is 0 Å². The molecule has 0 aliphatic rings. The highest BCUT2D eigenvalue weighted by atomic mass is 19.1. The van der Waals surface area contributed by atoms with E-state index in [4.69, 9.17) is 4.74 Å². The van der Waals surface area contributed by atoms with Crippen LogP contribution in [0.2, 0.25) is 0 Å². The van der Waals surface area contributed by atoms with Crippen LogP contribution in [0.15, 0.2) is 67.0 Å². The van der Waals surface area contributed by atoms with E-state index >= 15 is 0 Å². The van der Waals surface area contributed by atoms with Crippen LogP contribution in [0.3, 0.4) is 0 Å². The SMILES string of the molecule is COC(=O)CCC(NC(=O)c1c[nH]c(-c2cc(Oc3cc(C(=O)Nc4cc(C)ccc4F)ccc3F)ccn2)c1)C(=O)O. The summed E-state index contributed by atoms with van der Waals surface area (Å²) in [7, 11) is 1.18. The summed E-state index contributed by atoms with van der Waals surface area (Å²) in [5, 5.41) is 14.2. The Labute approximate surface area is 243 Å². The maximum absolute atomic E-state index is 14.6. The predicted molar refractivity (Wildman–Crippen MR) is 150 cm³/mol. The highest BCUT2D eigenvalue weighted by Crippen LogP contribution is 2.29. The molecule has 0 fully saturated rings. The van der Waals surface area contributed by atoms with Gasteiger partial charge in [0, 0.05) is 30.4 Å². The maximum atomic E-state index is 14.6. The second-order valence-electron chi connectivity index (χ2n) is 9.34. The first-order valence-electron chi connectivity index (χ1n) is 12.8. The number of esters is 1. The minimum absolute atomic E-state index is 0.0192. The molecule has 0 saturated heterocycles. The van der Waals surface area contributed by atoms with Gasteiger partial charge in [0.1, 0.15) is 17.6 Å². The van der Waals surface area contributed by atoms with Gasteiger partial charge in [-0.2, -0.15) is 0 Å². The maximum Gasteiger partial charge on any atom is 0.326 e. The van der Waals surface area contributed by atoms with Gasteiger partial charge in [0.25, 0.3) is 11.8 Å². The quantitative estimate of drug-likeness (QED) is 0.180. The number of halogens is 2. The summed E-state index contributed by atoms with van der Waals surface area (Å²) in [6, 6.07) is 10.7. The number of H-pyrrole nitrogens is 1. The average Bonchev–Trinajstić information content (AvgIpc) is 3.49. The van der Waals surface area contributed by atoms with Crippen molar-refractivity contribution in [1.82, 2.24) is 15.3 Å². The van der Waals surface area contributed by atoms with Gasteiger partial charge in [-0.1, -0.05) is 6.07 Å². The third kappa shape index (κ3) is 7.79.